The highest BCUT2D eigenvalue weighted by molar-refractivity contribution is 6.98. The van der Waals surface area contributed by atoms with E-state index in [1.54, 1.807) is 0 Å². The van der Waals surface area contributed by atoms with Crippen LogP contribution in [0.15, 0.2) is 97.6 Å². The Hall–Kier alpha value is -4.40. The van der Waals surface area contributed by atoms with E-state index >= 15 is 0 Å². The number of hydrogen-bond acceptors (Lipinski definition) is 7. The molecular formula is C43H48N6O3Si5. The van der Waals surface area contributed by atoms with Gasteiger partial charge >= 0.3 is 0 Å². The zero-order valence-corrected chi connectivity index (χ0v) is 39.4. The van der Waals surface area contributed by atoms with Gasteiger partial charge in [-0.15, -0.1) is 0 Å². The Morgan fingerprint density at radius 3 is 1.12 bits per heavy atom. The molecule has 24 rings (SSSR count). The van der Waals surface area contributed by atoms with E-state index in [0.29, 0.717) is 6.61 Å². The second kappa shape index (κ2) is 12.3. The van der Waals surface area contributed by atoms with Crippen LogP contribution in [0.3, 0.4) is 0 Å². The van der Waals surface area contributed by atoms with Crippen LogP contribution in [-0.2, 0) is 19.3 Å². The number of rotatable bonds is 0. The van der Waals surface area contributed by atoms with Crippen molar-refractivity contribution in [1.29, 1.82) is 0 Å². The minimum atomic E-state index is -2.46. The maximum atomic E-state index is 7.52. The van der Waals surface area contributed by atoms with E-state index in [1.807, 2.05) is 24.8 Å². The SMILES string of the molecule is C[Si]1(C)O[Si](C)(C)c2ccc3c(c2)c2cc4ccc2n3-c2cnc(cn2)[Si](C)(C)OCc2cnc(cn2)-n2c3ccc1cc3c1cc(ccc12)[Si](C)(C)O[Si]4(C)C. The first-order valence-electron chi connectivity index (χ1n) is 19.8. The fourth-order valence-electron chi connectivity index (χ4n) is 9.16. The predicted molar refractivity (Wildman–Crippen MR) is 245 cm³/mol. The van der Waals surface area contributed by atoms with Crippen LogP contribution in [0.1, 0.15) is 5.69 Å². The number of hydrogen-bond donors (Lipinski definition) is 0. The molecule has 20 heterocycles. The van der Waals surface area contributed by atoms with Crippen molar-refractivity contribution in [3.05, 3.63) is 103 Å². The molecule has 4 aromatic heterocycles. The third-order valence-electron chi connectivity index (χ3n) is 12.3. The van der Waals surface area contributed by atoms with Crippen LogP contribution < -0.4 is 26.1 Å². The highest BCUT2D eigenvalue weighted by atomic mass is 28.4. The Bertz CT molecular complexity index is 2810. The van der Waals surface area contributed by atoms with Crippen molar-refractivity contribution >= 4 is 111 Å². The van der Waals surface area contributed by atoms with Crippen molar-refractivity contribution < 1.29 is 12.7 Å². The smallest absolute Gasteiger partial charge is 0.240 e. The lowest BCUT2D eigenvalue weighted by Crippen LogP contribution is -2.57. The fraction of sp³-hybridized carbons (Fsp3) is 0.256. The molecule has 0 saturated heterocycles. The van der Waals surface area contributed by atoms with Gasteiger partial charge in [0.1, 0.15) is 0 Å². The lowest BCUT2D eigenvalue weighted by molar-refractivity contribution is 0.297. The van der Waals surface area contributed by atoms with Crippen LogP contribution in [0.5, 0.6) is 0 Å². The van der Waals surface area contributed by atoms with Crippen LogP contribution in [0, 0.1) is 0 Å². The molecule has 0 N–H and O–H groups in total. The molecule has 0 amide bonds. The third-order valence-corrected chi connectivity index (χ3v) is 29.6. The van der Waals surface area contributed by atoms with Crippen molar-refractivity contribution in [1.82, 2.24) is 29.1 Å². The number of benzene rings is 4. The molecule has 0 radical (unpaired) electrons. The monoisotopic (exact) mass is 836 g/mol. The molecule has 0 atom stereocenters. The highest BCUT2D eigenvalue weighted by Crippen LogP contribution is 2.35. The fourth-order valence-corrected chi connectivity index (χ4v) is 26.6. The minimum absolute atomic E-state index is 0.339. The lowest BCUT2D eigenvalue weighted by Gasteiger charge is -2.35. The van der Waals surface area contributed by atoms with Crippen molar-refractivity contribution in [2.75, 3.05) is 0 Å². The van der Waals surface area contributed by atoms with Gasteiger partial charge in [0.05, 0.1) is 58.3 Å². The van der Waals surface area contributed by atoms with Gasteiger partial charge in [0.2, 0.25) is 41.6 Å². The Morgan fingerprint density at radius 1 is 0.421 bits per heavy atom. The Kier molecular flexibility index (Phi) is 7.97. The summed E-state index contributed by atoms with van der Waals surface area (Å²) in [5.41, 5.74) is 5.15. The van der Waals surface area contributed by atoms with Crippen molar-refractivity contribution in [2.45, 2.75) is 72.1 Å². The summed E-state index contributed by atoms with van der Waals surface area (Å²) in [4.78, 5) is 20.0. The average Bonchev–Trinajstić information content (AvgIpc) is 3.67. The van der Waals surface area contributed by atoms with Gasteiger partial charge in [0.25, 0.3) is 0 Å². The molecule has 0 saturated carbocycles. The van der Waals surface area contributed by atoms with Gasteiger partial charge in [-0.1, -0.05) is 48.5 Å². The van der Waals surface area contributed by atoms with Gasteiger partial charge in [-0.3, -0.25) is 19.1 Å². The molecule has 0 aliphatic carbocycles. The summed E-state index contributed by atoms with van der Waals surface area (Å²) in [6.07, 6.45) is 7.52. The van der Waals surface area contributed by atoms with Gasteiger partial charge in [0.15, 0.2) is 11.6 Å². The van der Waals surface area contributed by atoms with E-state index in [2.05, 4.69) is 147 Å². The second-order valence-electron chi connectivity index (χ2n) is 18.3. The zero-order valence-electron chi connectivity index (χ0n) is 34.4. The van der Waals surface area contributed by atoms with Crippen LogP contribution in [0.25, 0.3) is 55.2 Å². The molecule has 16 aliphatic heterocycles. The van der Waals surface area contributed by atoms with Gasteiger partial charge in [0, 0.05) is 27.7 Å². The van der Waals surface area contributed by atoms with Gasteiger partial charge in [-0.05, 0) is 110 Å². The van der Waals surface area contributed by atoms with E-state index < -0.39 is 41.6 Å². The van der Waals surface area contributed by atoms with Crippen molar-refractivity contribution in [2.24, 2.45) is 0 Å². The summed E-state index contributed by atoms with van der Waals surface area (Å²) in [7, 11) is -12.3. The van der Waals surface area contributed by atoms with Crippen LogP contribution in [-0.4, -0.2) is 70.7 Å². The summed E-state index contributed by atoms with van der Waals surface area (Å²) < 4.78 is 26.2. The third kappa shape index (κ3) is 5.83. The van der Waals surface area contributed by atoms with Gasteiger partial charge in [-0.25, -0.2) is 9.97 Å². The normalized spacial score (nSPS) is 19.1. The molecule has 0 unspecified atom stereocenters. The quantitative estimate of drug-likeness (QED) is 0.156. The van der Waals surface area contributed by atoms with Gasteiger partial charge in [-0.2, -0.15) is 0 Å². The van der Waals surface area contributed by atoms with Crippen molar-refractivity contribution in [3.8, 4) is 11.6 Å². The molecule has 4 aromatic carbocycles. The molecule has 288 valence electrons. The molecule has 0 spiro atoms. The first kappa shape index (κ1) is 36.9. The standard InChI is InChI=1S/C43H48N6O3Si5/c1-53(2)29-11-15-37-33(19-29)34-20-30-12-16-38(34)48(37)41-24-44-28(23-45-41)27-50-57(9,10)43-26-46-42(25-47-43)49-39-17-13-31(55(5,6)51-53)21-35(39)36-22-32(14-18-40(36)49)56(7,8)52-54(30,3)4/h11-26H,27H2,1-10H3. The average molecular weight is 837 g/mol. The largest absolute Gasteiger partial charge is 0.449 e. The first-order valence-corrected chi connectivity index (χ1v) is 34.3. The topological polar surface area (TPSA) is 89.1 Å². The molecule has 8 aromatic rings. The summed E-state index contributed by atoms with van der Waals surface area (Å²) in [5, 5.41) is 10.7. The van der Waals surface area contributed by atoms with E-state index in [9.17, 15) is 0 Å². The van der Waals surface area contributed by atoms with Crippen LogP contribution in [0.2, 0.25) is 65.5 Å². The molecule has 18 bridgehead atoms. The summed E-state index contributed by atoms with van der Waals surface area (Å²) in [5.74, 6) is 1.55. The molecule has 0 fully saturated rings. The lowest BCUT2D eigenvalue weighted by atomic mass is 10.1. The van der Waals surface area contributed by atoms with Gasteiger partial charge < -0.3 is 12.7 Å². The molecule has 57 heavy (non-hydrogen) atoms. The molecule has 9 nitrogen and oxygen atoms in total. The first-order chi connectivity index (χ1) is 26.9. The molecule has 16 aliphatic rings. The van der Waals surface area contributed by atoms with E-state index in [-0.39, 0.29) is 0 Å². The Balaban J connectivity index is 1.32. The summed E-state index contributed by atoms with van der Waals surface area (Å²) >= 11 is 0. The Labute approximate surface area is 338 Å². The summed E-state index contributed by atoms with van der Waals surface area (Å²) in [6.45, 7) is 23.5. The van der Waals surface area contributed by atoms with E-state index in [0.717, 1.165) is 44.7 Å². The maximum absolute atomic E-state index is 7.52. The Morgan fingerprint density at radius 2 is 0.789 bits per heavy atom. The number of nitrogens with zero attached hydrogens (tertiary/aromatic N) is 6. The predicted octanol–water partition coefficient (Wildman–Crippen LogP) is 6.80. The van der Waals surface area contributed by atoms with E-state index in [1.165, 1.54) is 42.3 Å². The van der Waals surface area contributed by atoms with Crippen LogP contribution in [0.4, 0.5) is 0 Å². The van der Waals surface area contributed by atoms with E-state index in [4.69, 9.17) is 32.6 Å². The number of aromatic nitrogens is 6. The highest BCUT2D eigenvalue weighted by Gasteiger charge is 2.39. The molecule has 14 heteroatoms. The zero-order chi connectivity index (χ0) is 39.9. The maximum Gasteiger partial charge on any atom is 0.240 e. The molecular weight excluding hydrogens is 789 g/mol. The van der Waals surface area contributed by atoms with Crippen molar-refractivity contribution in [3.63, 3.8) is 0 Å². The second-order valence-corrected chi connectivity index (χ2v) is 38.1. The van der Waals surface area contributed by atoms with Crippen LogP contribution >= 0.6 is 0 Å². The summed E-state index contributed by atoms with van der Waals surface area (Å²) in [6, 6.07) is 27.8. The minimum Gasteiger partial charge on any atom is -0.449 e.